The molecule has 6 heteroatoms. The lowest BCUT2D eigenvalue weighted by Crippen LogP contribution is -2.25. The monoisotopic (exact) mass is 423 g/mol. The number of hydrogen-bond donors (Lipinski definition) is 1. The molecule has 1 saturated carbocycles. The van der Waals surface area contributed by atoms with Gasteiger partial charge in [0.2, 0.25) is 10.0 Å². The Kier molecular flexibility index (Phi) is 6.08. The highest BCUT2D eigenvalue weighted by molar-refractivity contribution is 9.11. The second kappa shape index (κ2) is 7.38. The molecule has 20 heavy (non-hydrogen) atoms. The number of sulfonamides is 1. The van der Waals surface area contributed by atoms with E-state index in [-0.39, 0.29) is 4.90 Å². The number of nitrogens with one attached hydrogen (secondary N) is 1. The summed E-state index contributed by atoms with van der Waals surface area (Å²) in [6.45, 7) is 0.512. The minimum atomic E-state index is -3.44. The van der Waals surface area contributed by atoms with Gasteiger partial charge in [-0.3, -0.25) is 0 Å². The van der Waals surface area contributed by atoms with Crippen LogP contribution in [-0.4, -0.2) is 15.0 Å². The first-order chi connectivity index (χ1) is 9.49. The summed E-state index contributed by atoms with van der Waals surface area (Å²) in [5.74, 6) is 0.803. The van der Waals surface area contributed by atoms with E-state index in [1.165, 1.54) is 25.7 Å². The van der Waals surface area contributed by atoms with Crippen molar-refractivity contribution < 1.29 is 8.42 Å². The van der Waals surface area contributed by atoms with Crippen LogP contribution in [0, 0.1) is 5.92 Å². The number of rotatable bonds is 6. The fourth-order valence-electron chi connectivity index (χ4n) is 2.66. The maximum Gasteiger partial charge on any atom is 0.241 e. The van der Waals surface area contributed by atoms with Gasteiger partial charge >= 0.3 is 0 Å². The van der Waals surface area contributed by atoms with Gasteiger partial charge in [-0.25, -0.2) is 13.1 Å². The Hall–Kier alpha value is 0.0900. The molecule has 1 N–H and O–H groups in total. The fourth-order valence-corrected chi connectivity index (χ4v) is 5.23. The Bertz CT molecular complexity index is 554. The van der Waals surface area contributed by atoms with E-state index in [9.17, 15) is 8.42 Å². The Labute approximate surface area is 137 Å². The molecule has 1 fully saturated rings. The smallest absolute Gasteiger partial charge is 0.211 e. The summed E-state index contributed by atoms with van der Waals surface area (Å²) in [5, 5.41) is 0. The van der Waals surface area contributed by atoms with Gasteiger partial charge in [0, 0.05) is 15.5 Å². The molecular formula is C14H19Br2NO2S. The molecule has 1 aromatic rings. The number of halogens is 2. The standard InChI is InChI=1S/C14H19Br2NO2S/c15-12-7-8-13(16)14(10-12)20(18,19)17-9-3-6-11-4-1-2-5-11/h7-8,10-11,17H,1-6,9H2. The average Bonchev–Trinajstić information content (AvgIpc) is 2.90. The van der Waals surface area contributed by atoms with E-state index in [4.69, 9.17) is 0 Å². The average molecular weight is 425 g/mol. The fraction of sp³-hybridized carbons (Fsp3) is 0.571. The largest absolute Gasteiger partial charge is 0.241 e. The van der Waals surface area contributed by atoms with Gasteiger partial charge < -0.3 is 0 Å². The van der Waals surface area contributed by atoms with E-state index in [0.29, 0.717) is 11.0 Å². The van der Waals surface area contributed by atoms with E-state index < -0.39 is 10.0 Å². The Balaban J connectivity index is 1.88. The predicted molar refractivity (Wildman–Crippen MR) is 88.2 cm³/mol. The van der Waals surface area contributed by atoms with E-state index in [1.807, 2.05) is 6.07 Å². The summed E-state index contributed by atoms with van der Waals surface area (Å²) in [7, 11) is -3.44. The highest BCUT2D eigenvalue weighted by Gasteiger charge is 2.18. The summed E-state index contributed by atoms with van der Waals surface area (Å²) in [6, 6.07) is 5.16. The van der Waals surface area contributed by atoms with Crippen LogP contribution in [-0.2, 0) is 10.0 Å². The van der Waals surface area contributed by atoms with Crippen LogP contribution >= 0.6 is 31.9 Å². The van der Waals surface area contributed by atoms with Crippen LogP contribution in [0.25, 0.3) is 0 Å². The van der Waals surface area contributed by atoms with Crippen molar-refractivity contribution in [1.29, 1.82) is 0 Å². The third-order valence-electron chi connectivity index (χ3n) is 3.74. The van der Waals surface area contributed by atoms with Gasteiger partial charge in [0.05, 0.1) is 4.90 Å². The highest BCUT2D eigenvalue weighted by Crippen LogP contribution is 2.28. The van der Waals surface area contributed by atoms with Crippen LogP contribution in [0.5, 0.6) is 0 Å². The minimum absolute atomic E-state index is 0.285. The second-order valence-electron chi connectivity index (χ2n) is 5.27. The Morgan fingerprint density at radius 1 is 1.20 bits per heavy atom. The molecule has 0 radical (unpaired) electrons. The van der Waals surface area contributed by atoms with E-state index in [1.54, 1.807) is 12.1 Å². The topological polar surface area (TPSA) is 46.2 Å². The minimum Gasteiger partial charge on any atom is -0.211 e. The van der Waals surface area contributed by atoms with Crippen LogP contribution in [0.1, 0.15) is 38.5 Å². The van der Waals surface area contributed by atoms with Crippen molar-refractivity contribution >= 4 is 41.9 Å². The summed E-state index contributed by atoms with van der Waals surface area (Å²) in [4.78, 5) is 0.285. The molecule has 1 aliphatic carbocycles. The molecule has 0 aromatic heterocycles. The van der Waals surface area contributed by atoms with Crippen molar-refractivity contribution in [3.8, 4) is 0 Å². The molecule has 0 bridgehead atoms. The molecule has 0 saturated heterocycles. The molecule has 3 nitrogen and oxygen atoms in total. The zero-order chi connectivity index (χ0) is 14.6. The maximum absolute atomic E-state index is 12.2. The molecule has 0 amide bonds. The summed E-state index contributed by atoms with van der Waals surface area (Å²) in [6.07, 6.45) is 7.33. The third-order valence-corrected chi connectivity index (χ3v) is 6.69. The number of benzene rings is 1. The zero-order valence-electron chi connectivity index (χ0n) is 11.2. The van der Waals surface area contributed by atoms with Gasteiger partial charge in [-0.1, -0.05) is 41.6 Å². The highest BCUT2D eigenvalue weighted by atomic mass is 79.9. The quantitative estimate of drug-likeness (QED) is 0.685. The van der Waals surface area contributed by atoms with E-state index >= 15 is 0 Å². The van der Waals surface area contributed by atoms with Crippen molar-refractivity contribution in [2.75, 3.05) is 6.54 Å². The molecule has 0 heterocycles. The Morgan fingerprint density at radius 2 is 1.90 bits per heavy atom. The van der Waals surface area contributed by atoms with Crippen molar-refractivity contribution in [2.24, 2.45) is 5.92 Å². The van der Waals surface area contributed by atoms with Crippen LogP contribution in [0.4, 0.5) is 0 Å². The lowest BCUT2D eigenvalue weighted by molar-refractivity contribution is 0.480. The van der Waals surface area contributed by atoms with Gasteiger partial charge in [-0.05, 0) is 52.9 Å². The Morgan fingerprint density at radius 3 is 2.60 bits per heavy atom. The lowest BCUT2D eigenvalue weighted by atomic mass is 10.0. The molecular weight excluding hydrogens is 406 g/mol. The predicted octanol–water partition coefficient (Wildman–Crippen LogP) is 4.46. The van der Waals surface area contributed by atoms with Crippen LogP contribution in [0.2, 0.25) is 0 Å². The SMILES string of the molecule is O=S(=O)(NCCCC1CCCC1)c1cc(Br)ccc1Br. The van der Waals surface area contributed by atoms with Gasteiger partial charge in [0.15, 0.2) is 0 Å². The maximum atomic E-state index is 12.2. The molecule has 0 spiro atoms. The molecule has 0 unspecified atom stereocenters. The molecule has 0 atom stereocenters. The summed E-state index contributed by atoms with van der Waals surface area (Å²) < 4.78 is 28.5. The third kappa shape index (κ3) is 4.55. The van der Waals surface area contributed by atoms with Gasteiger partial charge in [-0.2, -0.15) is 0 Å². The van der Waals surface area contributed by atoms with Crippen LogP contribution < -0.4 is 4.72 Å². The molecule has 2 rings (SSSR count). The van der Waals surface area contributed by atoms with Gasteiger partial charge in [0.25, 0.3) is 0 Å². The lowest BCUT2D eigenvalue weighted by Gasteiger charge is -2.11. The van der Waals surface area contributed by atoms with Crippen molar-refractivity contribution in [3.63, 3.8) is 0 Å². The molecule has 0 aliphatic heterocycles. The van der Waals surface area contributed by atoms with Crippen LogP contribution in [0.15, 0.2) is 32.0 Å². The summed E-state index contributed by atoms with van der Waals surface area (Å²) in [5.41, 5.74) is 0. The van der Waals surface area contributed by atoms with Crippen molar-refractivity contribution in [3.05, 3.63) is 27.1 Å². The molecule has 1 aliphatic rings. The normalized spacial score (nSPS) is 16.7. The molecule has 1 aromatic carbocycles. The van der Waals surface area contributed by atoms with Crippen LogP contribution in [0.3, 0.4) is 0 Å². The first kappa shape index (κ1) is 16.5. The second-order valence-corrected chi connectivity index (χ2v) is 8.77. The first-order valence-corrected chi connectivity index (χ1v) is 10.0. The number of hydrogen-bond acceptors (Lipinski definition) is 2. The van der Waals surface area contributed by atoms with Gasteiger partial charge in [0.1, 0.15) is 0 Å². The van der Waals surface area contributed by atoms with E-state index in [2.05, 4.69) is 36.6 Å². The van der Waals surface area contributed by atoms with E-state index in [0.717, 1.165) is 23.2 Å². The first-order valence-electron chi connectivity index (χ1n) is 6.94. The van der Waals surface area contributed by atoms with Crippen molar-refractivity contribution in [2.45, 2.75) is 43.4 Å². The zero-order valence-corrected chi connectivity index (χ0v) is 15.2. The summed E-state index contributed by atoms with van der Waals surface area (Å²) >= 11 is 6.59. The molecule has 112 valence electrons. The van der Waals surface area contributed by atoms with Crippen molar-refractivity contribution in [1.82, 2.24) is 4.72 Å². The van der Waals surface area contributed by atoms with Gasteiger partial charge in [-0.15, -0.1) is 0 Å².